The number of rotatable bonds is 3. The summed E-state index contributed by atoms with van der Waals surface area (Å²) in [4.78, 5) is 24.8. The van der Waals surface area contributed by atoms with Crippen molar-refractivity contribution in [3.63, 3.8) is 0 Å². The van der Waals surface area contributed by atoms with Crippen LogP contribution in [0.4, 0.5) is 0 Å². The van der Waals surface area contributed by atoms with Gasteiger partial charge >= 0.3 is 5.12 Å². The Morgan fingerprint density at radius 3 is 2.88 bits per heavy atom. The first-order valence-corrected chi connectivity index (χ1v) is 6.47. The van der Waals surface area contributed by atoms with Crippen LogP contribution in [0.1, 0.15) is 13.3 Å². The van der Waals surface area contributed by atoms with Crippen molar-refractivity contribution >= 4 is 22.8 Å². The molecule has 4 nitrogen and oxygen atoms in total. The van der Waals surface area contributed by atoms with Gasteiger partial charge in [0, 0.05) is 6.54 Å². The van der Waals surface area contributed by atoms with Crippen molar-refractivity contribution < 1.29 is 9.59 Å². The van der Waals surface area contributed by atoms with Crippen LogP contribution in [0.5, 0.6) is 0 Å². The number of amides is 1. The standard InChI is InChI=1S/C12H18N2O2S/c1-10(15)17-11-6-9-14(12(11)16)8-5-4-7-13(2)3/h11H,6-9H2,1-3H3/p+1/t11-/m1/s1. The van der Waals surface area contributed by atoms with E-state index in [-0.39, 0.29) is 16.3 Å². The highest BCUT2D eigenvalue weighted by Crippen LogP contribution is 2.23. The number of carbonyl (C=O) groups excluding carboxylic acids is 2. The molecule has 1 atom stereocenters. The molecule has 0 saturated carbocycles. The molecular weight excluding hydrogens is 236 g/mol. The topological polar surface area (TPSA) is 45.0 Å². The summed E-state index contributed by atoms with van der Waals surface area (Å²) in [5.41, 5.74) is 0. The maximum atomic E-state index is 11.9. The third-order valence-electron chi connectivity index (χ3n) is 2.35. The maximum Gasteiger partial charge on any atom is 0.348 e. The van der Waals surface area contributed by atoms with Crippen molar-refractivity contribution in [3.05, 3.63) is 0 Å². The average molecular weight is 255 g/mol. The van der Waals surface area contributed by atoms with E-state index < -0.39 is 0 Å². The van der Waals surface area contributed by atoms with E-state index >= 15 is 0 Å². The molecule has 5 heteroatoms. The minimum Gasteiger partial charge on any atom is -0.331 e. The van der Waals surface area contributed by atoms with Gasteiger partial charge in [-0.25, -0.2) is 0 Å². The molecule has 0 aliphatic carbocycles. The van der Waals surface area contributed by atoms with Crippen LogP contribution >= 0.6 is 11.8 Å². The van der Waals surface area contributed by atoms with Crippen molar-refractivity contribution in [2.45, 2.75) is 18.6 Å². The van der Waals surface area contributed by atoms with E-state index in [0.29, 0.717) is 13.1 Å². The van der Waals surface area contributed by atoms with Gasteiger partial charge in [0.2, 0.25) is 5.91 Å². The molecule has 0 aromatic heterocycles. The molecular formula is C12H19N2O2S+. The van der Waals surface area contributed by atoms with E-state index in [1.807, 2.05) is 19.0 Å². The molecule has 1 aliphatic heterocycles. The number of thioether (sulfide) groups is 1. The lowest BCUT2D eigenvalue weighted by Crippen LogP contribution is -2.29. The maximum absolute atomic E-state index is 11.9. The highest BCUT2D eigenvalue weighted by Gasteiger charge is 2.33. The Labute approximate surface area is 107 Å². The zero-order valence-electron chi connectivity index (χ0n) is 10.6. The Kier molecular flexibility index (Phi) is 5.52. The third-order valence-corrected chi connectivity index (χ3v) is 3.41. The molecule has 0 spiro atoms. The fourth-order valence-corrected chi connectivity index (χ4v) is 2.43. The van der Waals surface area contributed by atoms with Crippen LogP contribution in [-0.4, -0.2) is 64.6 Å². The van der Waals surface area contributed by atoms with Gasteiger partial charge in [0.25, 0.3) is 0 Å². The van der Waals surface area contributed by atoms with Crippen molar-refractivity contribution in [2.24, 2.45) is 0 Å². The predicted octanol–water partition coefficient (Wildman–Crippen LogP) is 0.408. The number of carbonyl (C=O) groups is 1. The number of likely N-dealkylation sites (tertiary alicyclic amines) is 1. The number of hydrogen-bond donors (Lipinski definition) is 0. The van der Waals surface area contributed by atoms with E-state index in [1.165, 1.54) is 11.8 Å². The van der Waals surface area contributed by atoms with Crippen LogP contribution in [0.25, 0.3) is 0 Å². The lowest BCUT2D eigenvalue weighted by Gasteiger charge is -2.11. The molecule has 1 rings (SSSR count). The van der Waals surface area contributed by atoms with Gasteiger partial charge in [0.05, 0.1) is 25.3 Å². The number of hydrogen-bond acceptors (Lipinski definition) is 3. The Morgan fingerprint density at radius 2 is 2.29 bits per heavy atom. The molecule has 1 N–H and O–H groups in total. The van der Waals surface area contributed by atoms with Gasteiger partial charge in [-0.3, -0.25) is 14.5 Å². The first kappa shape index (κ1) is 14.1. The summed E-state index contributed by atoms with van der Waals surface area (Å²) in [6.07, 6.45) is 0.788. The first-order chi connectivity index (χ1) is 8.00. The van der Waals surface area contributed by atoms with Crippen LogP contribution in [0, 0.1) is 11.8 Å². The van der Waals surface area contributed by atoms with Crippen molar-refractivity contribution in [1.82, 2.24) is 9.80 Å². The van der Waals surface area contributed by atoms with Crippen LogP contribution in [0.2, 0.25) is 0 Å². The lowest BCUT2D eigenvalue weighted by atomic mass is 10.4. The van der Waals surface area contributed by atoms with Gasteiger partial charge in [0.15, 0.2) is 0 Å². The molecule has 1 fully saturated rings. The molecule has 0 aromatic carbocycles. The summed E-state index contributed by atoms with van der Waals surface area (Å²) in [5.74, 6) is 6.09. The van der Waals surface area contributed by atoms with Crippen molar-refractivity contribution in [2.75, 3.05) is 33.7 Å². The van der Waals surface area contributed by atoms with Gasteiger partial charge in [-0.1, -0.05) is 11.8 Å². The van der Waals surface area contributed by atoms with Gasteiger partial charge in [-0.05, 0) is 32.3 Å². The summed E-state index contributed by atoms with van der Waals surface area (Å²) in [5, 5.41) is 0.125. The SMILES string of the molecule is CC(=[OH+])S[C@@H]1CCN(CC#CCN(C)C)C1=O. The second kappa shape index (κ2) is 6.67. The van der Waals surface area contributed by atoms with Crippen LogP contribution in [0.15, 0.2) is 0 Å². The molecule has 94 valence electrons. The van der Waals surface area contributed by atoms with Gasteiger partial charge < -0.3 is 4.90 Å². The van der Waals surface area contributed by atoms with Gasteiger partial charge in [-0.15, -0.1) is 0 Å². The Hall–Kier alpha value is -0.990. The number of nitrogens with zero attached hydrogens (tertiary/aromatic N) is 2. The van der Waals surface area contributed by atoms with Gasteiger partial charge in [-0.2, -0.15) is 0 Å². The lowest BCUT2D eigenvalue weighted by molar-refractivity contribution is -0.126. The smallest absolute Gasteiger partial charge is 0.331 e. The zero-order valence-corrected chi connectivity index (χ0v) is 11.4. The first-order valence-electron chi connectivity index (χ1n) is 5.59. The highest BCUT2D eigenvalue weighted by atomic mass is 32.2. The van der Waals surface area contributed by atoms with Crippen molar-refractivity contribution in [3.8, 4) is 11.8 Å². The van der Waals surface area contributed by atoms with Crippen LogP contribution in [-0.2, 0) is 4.79 Å². The third kappa shape index (κ3) is 4.80. The largest absolute Gasteiger partial charge is 0.348 e. The zero-order chi connectivity index (χ0) is 12.8. The van der Waals surface area contributed by atoms with Crippen LogP contribution < -0.4 is 0 Å². The summed E-state index contributed by atoms with van der Waals surface area (Å²) >= 11 is 1.24. The van der Waals surface area contributed by atoms with Crippen LogP contribution in [0.3, 0.4) is 0 Å². The molecule has 1 heterocycles. The monoisotopic (exact) mass is 255 g/mol. The Balaban J connectivity index is 2.39. The van der Waals surface area contributed by atoms with E-state index in [4.69, 9.17) is 4.79 Å². The summed E-state index contributed by atoms with van der Waals surface area (Å²) in [6, 6.07) is 0. The van der Waals surface area contributed by atoms with E-state index in [1.54, 1.807) is 11.8 Å². The molecule has 1 aliphatic rings. The normalized spacial score (nSPS) is 19.4. The van der Waals surface area contributed by atoms with E-state index in [0.717, 1.165) is 13.0 Å². The summed E-state index contributed by atoms with van der Waals surface area (Å²) in [7, 11) is 3.92. The Bertz CT molecular complexity index is 357. The molecule has 1 saturated heterocycles. The second-order valence-corrected chi connectivity index (χ2v) is 5.66. The van der Waals surface area contributed by atoms with E-state index in [9.17, 15) is 4.79 Å². The minimum atomic E-state index is -0.129. The summed E-state index contributed by atoms with van der Waals surface area (Å²) < 4.78 is 0. The fourth-order valence-electron chi connectivity index (χ4n) is 1.55. The summed E-state index contributed by atoms with van der Waals surface area (Å²) in [6.45, 7) is 3.55. The molecule has 1 amide bonds. The average Bonchev–Trinajstić information content (AvgIpc) is 2.55. The molecule has 0 radical (unpaired) electrons. The second-order valence-electron chi connectivity index (χ2n) is 4.27. The molecule has 17 heavy (non-hydrogen) atoms. The van der Waals surface area contributed by atoms with Crippen molar-refractivity contribution in [1.29, 1.82) is 0 Å². The Morgan fingerprint density at radius 1 is 1.59 bits per heavy atom. The van der Waals surface area contributed by atoms with E-state index in [2.05, 4.69) is 11.8 Å². The van der Waals surface area contributed by atoms with Gasteiger partial charge in [0.1, 0.15) is 0 Å². The fraction of sp³-hybridized carbons (Fsp3) is 0.667. The molecule has 0 bridgehead atoms. The minimum absolute atomic E-state index is 0.0857. The molecule has 0 aromatic rings. The highest BCUT2D eigenvalue weighted by molar-refractivity contribution is 8.14. The molecule has 0 unspecified atom stereocenters. The predicted molar refractivity (Wildman–Crippen MR) is 71.5 cm³/mol. The quantitative estimate of drug-likeness (QED) is 0.542.